The minimum absolute atomic E-state index is 0.103. The van der Waals surface area contributed by atoms with Crippen LogP contribution in [0.3, 0.4) is 0 Å². The number of benzene rings is 3. The van der Waals surface area contributed by atoms with Gasteiger partial charge in [-0.3, -0.25) is 24.3 Å². The van der Waals surface area contributed by atoms with Gasteiger partial charge < -0.3 is 14.5 Å². The molecule has 6 rings (SSSR count). The Balaban J connectivity index is 1.43. The topological polar surface area (TPSA) is 129 Å². The third-order valence-corrected chi connectivity index (χ3v) is 8.24. The second kappa shape index (κ2) is 11.6. The lowest BCUT2D eigenvalue weighted by molar-refractivity contribution is -0.384. The number of aryl methyl sites for hydroxylation is 1. The molecule has 0 bridgehead atoms. The van der Waals surface area contributed by atoms with Crippen LogP contribution in [0, 0.1) is 17.0 Å². The summed E-state index contributed by atoms with van der Waals surface area (Å²) < 4.78 is 13.3. The number of fused-ring (bicyclic) bond motifs is 1. The quantitative estimate of drug-likeness (QED) is 0.196. The maximum Gasteiger partial charge on any atom is 0.273 e. The molecular weight excluding hydrogens is 580 g/mol. The summed E-state index contributed by atoms with van der Waals surface area (Å²) in [7, 11) is 1.42. The van der Waals surface area contributed by atoms with Crippen molar-refractivity contribution in [3.8, 4) is 17.1 Å². The van der Waals surface area contributed by atoms with E-state index in [4.69, 9.17) is 9.15 Å². The highest BCUT2D eigenvalue weighted by Crippen LogP contribution is 2.35. The predicted molar refractivity (Wildman–Crippen MR) is 167 cm³/mol. The van der Waals surface area contributed by atoms with E-state index < -0.39 is 11.0 Å². The van der Waals surface area contributed by atoms with Gasteiger partial charge in [0.15, 0.2) is 4.80 Å². The first-order valence-electron chi connectivity index (χ1n) is 13.6. The number of para-hydroxylation sites is 1. The molecule has 0 saturated carbocycles. The zero-order valence-corrected chi connectivity index (χ0v) is 24.8. The maximum absolute atomic E-state index is 14.0. The fourth-order valence-corrected chi connectivity index (χ4v) is 6.12. The minimum Gasteiger partial charge on any atom is -0.496 e. The Kier molecular flexibility index (Phi) is 7.54. The number of rotatable bonds is 7. The number of nitro benzene ring substituents is 1. The van der Waals surface area contributed by atoms with Gasteiger partial charge in [0, 0.05) is 17.8 Å². The van der Waals surface area contributed by atoms with Crippen molar-refractivity contribution in [3.63, 3.8) is 0 Å². The van der Waals surface area contributed by atoms with E-state index in [1.807, 2.05) is 49.4 Å². The van der Waals surface area contributed by atoms with Crippen molar-refractivity contribution >= 4 is 34.7 Å². The van der Waals surface area contributed by atoms with Crippen LogP contribution >= 0.6 is 11.3 Å². The summed E-state index contributed by atoms with van der Waals surface area (Å²) in [6.07, 6.45) is 1.63. The molecule has 0 aliphatic carbocycles. The number of thiazole rings is 1. The van der Waals surface area contributed by atoms with E-state index in [1.54, 1.807) is 47.9 Å². The number of ether oxygens (including phenoxy) is 1. The zero-order chi connectivity index (χ0) is 31.0. The van der Waals surface area contributed by atoms with Crippen LogP contribution in [-0.2, 0) is 4.79 Å². The summed E-state index contributed by atoms with van der Waals surface area (Å²) in [5, 5.41) is 14.1. The number of carbonyl (C=O) groups excluding carboxylic acids is 1. The SMILES string of the molecule is COc1cc([N+](=O)[O-])ccc1-c1ccc(/C=c2\sc3n(c2=O)[C@@H](c2ccc(C)cc2)C(C(=O)Nc2ccccc2)=C(C)N=3)o1. The molecule has 10 nitrogen and oxygen atoms in total. The van der Waals surface area contributed by atoms with E-state index in [0.29, 0.717) is 43.4 Å². The Labute approximate surface area is 255 Å². The summed E-state index contributed by atoms with van der Waals surface area (Å²) >= 11 is 1.20. The Hall–Kier alpha value is -5.55. The molecule has 1 atom stereocenters. The maximum atomic E-state index is 14.0. The van der Waals surface area contributed by atoms with Gasteiger partial charge in [-0.05, 0) is 49.7 Å². The smallest absolute Gasteiger partial charge is 0.273 e. The third kappa shape index (κ3) is 5.36. The number of hydrogen-bond donors (Lipinski definition) is 1. The van der Waals surface area contributed by atoms with E-state index in [2.05, 4.69) is 10.3 Å². The van der Waals surface area contributed by atoms with Crippen LogP contribution in [0.5, 0.6) is 5.75 Å². The molecule has 1 N–H and O–H groups in total. The van der Waals surface area contributed by atoms with Crippen molar-refractivity contribution in [2.45, 2.75) is 19.9 Å². The molecule has 2 aromatic heterocycles. The van der Waals surface area contributed by atoms with Crippen LogP contribution in [-0.4, -0.2) is 22.5 Å². The van der Waals surface area contributed by atoms with Crippen LogP contribution in [0.1, 0.15) is 29.9 Å². The number of allylic oxidation sites excluding steroid dienone is 1. The number of non-ortho nitro benzene ring substituents is 1. The Morgan fingerprint density at radius 2 is 1.82 bits per heavy atom. The van der Waals surface area contributed by atoms with Gasteiger partial charge in [-0.25, -0.2) is 4.99 Å². The Bertz CT molecular complexity index is 2130. The van der Waals surface area contributed by atoms with Gasteiger partial charge in [-0.15, -0.1) is 0 Å². The van der Waals surface area contributed by atoms with E-state index in [9.17, 15) is 19.7 Å². The van der Waals surface area contributed by atoms with Crippen LogP contribution < -0.4 is 24.9 Å². The van der Waals surface area contributed by atoms with Crippen molar-refractivity contribution in [2.75, 3.05) is 12.4 Å². The van der Waals surface area contributed by atoms with Crippen molar-refractivity contribution < 1.29 is 18.9 Å². The number of anilines is 1. The van der Waals surface area contributed by atoms with Gasteiger partial charge >= 0.3 is 0 Å². The van der Waals surface area contributed by atoms with Crippen molar-refractivity contribution in [3.05, 3.63) is 143 Å². The third-order valence-electron chi connectivity index (χ3n) is 7.25. The molecule has 0 unspecified atom stereocenters. The molecule has 3 heterocycles. The van der Waals surface area contributed by atoms with Gasteiger partial charge in [0.1, 0.15) is 17.3 Å². The van der Waals surface area contributed by atoms with Gasteiger partial charge in [0.25, 0.3) is 17.2 Å². The molecule has 3 aromatic carbocycles. The first-order valence-corrected chi connectivity index (χ1v) is 14.4. The molecule has 0 radical (unpaired) electrons. The average molecular weight is 607 g/mol. The highest BCUT2D eigenvalue weighted by Gasteiger charge is 2.32. The summed E-state index contributed by atoms with van der Waals surface area (Å²) in [4.78, 5) is 43.5. The number of nitrogens with one attached hydrogen (secondary N) is 1. The second-order valence-corrected chi connectivity index (χ2v) is 11.2. The summed E-state index contributed by atoms with van der Waals surface area (Å²) in [6.45, 7) is 3.75. The van der Waals surface area contributed by atoms with E-state index in [-0.39, 0.29) is 22.9 Å². The lowest BCUT2D eigenvalue weighted by atomic mass is 9.94. The minimum atomic E-state index is -0.700. The summed E-state index contributed by atoms with van der Waals surface area (Å²) in [6, 6.07) is 23.8. The van der Waals surface area contributed by atoms with Gasteiger partial charge in [-0.1, -0.05) is 59.4 Å². The van der Waals surface area contributed by atoms with Crippen LogP contribution in [0.2, 0.25) is 0 Å². The highest BCUT2D eigenvalue weighted by molar-refractivity contribution is 7.07. The number of furan rings is 1. The van der Waals surface area contributed by atoms with E-state index >= 15 is 0 Å². The molecule has 44 heavy (non-hydrogen) atoms. The molecule has 1 aliphatic rings. The zero-order valence-electron chi connectivity index (χ0n) is 23.9. The average Bonchev–Trinajstić information content (AvgIpc) is 3.60. The number of methoxy groups -OCH3 is 1. The fourth-order valence-electron chi connectivity index (χ4n) is 5.10. The summed E-state index contributed by atoms with van der Waals surface area (Å²) in [5.41, 5.74) is 3.47. The molecular formula is C33H26N4O6S. The number of carbonyl (C=O) groups is 1. The molecule has 220 valence electrons. The fraction of sp³-hybridized carbons (Fsp3) is 0.121. The molecule has 11 heteroatoms. The number of amides is 1. The first kappa shape index (κ1) is 28.6. The number of nitro groups is 1. The van der Waals surface area contributed by atoms with Crippen molar-refractivity contribution in [1.82, 2.24) is 4.57 Å². The first-order chi connectivity index (χ1) is 21.2. The van der Waals surface area contributed by atoms with Crippen LogP contribution in [0.4, 0.5) is 11.4 Å². The Morgan fingerprint density at radius 3 is 2.52 bits per heavy atom. The molecule has 1 aliphatic heterocycles. The van der Waals surface area contributed by atoms with Crippen LogP contribution in [0.25, 0.3) is 17.4 Å². The van der Waals surface area contributed by atoms with Crippen molar-refractivity contribution in [1.29, 1.82) is 0 Å². The van der Waals surface area contributed by atoms with Crippen LogP contribution in [0.15, 0.2) is 110 Å². The van der Waals surface area contributed by atoms with E-state index in [0.717, 1.165) is 11.1 Å². The van der Waals surface area contributed by atoms with Gasteiger partial charge in [0.2, 0.25) is 0 Å². The summed E-state index contributed by atoms with van der Waals surface area (Å²) in [5.74, 6) is 0.763. The normalized spacial score (nSPS) is 14.6. The highest BCUT2D eigenvalue weighted by atomic mass is 32.1. The predicted octanol–water partition coefficient (Wildman–Crippen LogP) is 5.36. The van der Waals surface area contributed by atoms with E-state index in [1.165, 1.54) is 30.6 Å². The largest absolute Gasteiger partial charge is 0.496 e. The Morgan fingerprint density at radius 1 is 1.07 bits per heavy atom. The molecule has 0 spiro atoms. The monoisotopic (exact) mass is 606 g/mol. The molecule has 1 amide bonds. The molecule has 5 aromatic rings. The lowest BCUT2D eigenvalue weighted by Crippen LogP contribution is -2.40. The van der Waals surface area contributed by atoms with Gasteiger partial charge in [-0.2, -0.15) is 0 Å². The lowest BCUT2D eigenvalue weighted by Gasteiger charge is -2.25. The number of nitrogens with zero attached hydrogens (tertiary/aromatic N) is 3. The van der Waals surface area contributed by atoms with Crippen molar-refractivity contribution in [2.24, 2.45) is 4.99 Å². The standard InChI is InChI=1S/C33H26N4O6S/c1-19-9-11-21(12-10-19)30-29(31(38)35-22-7-5-4-6-8-22)20(2)34-33-36(30)32(39)28(44-33)18-24-14-16-26(43-24)25-15-13-23(37(40)41)17-27(25)42-3/h4-18,30H,1-3H3,(H,35,38)/b28-18-/t30-/m0/s1. The van der Waals surface area contributed by atoms with Gasteiger partial charge in [0.05, 0.1) is 45.5 Å². The molecule has 0 fully saturated rings. The molecule has 0 saturated heterocycles. The number of hydrogen-bond acceptors (Lipinski definition) is 8. The number of aromatic nitrogens is 1. The second-order valence-electron chi connectivity index (χ2n) is 10.2.